The summed E-state index contributed by atoms with van der Waals surface area (Å²) in [5.74, 6) is 0.559. The highest BCUT2D eigenvalue weighted by molar-refractivity contribution is 7.22. The fraction of sp³-hybridized carbons (Fsp3) is 0.158. The predicted molar refractivity (Wildman–Crippen MR) is 107 cm³/mol. The van der Waals surface area contributed by atoms with Gasteiger partial charge in [-0.1, -0.05) is 12.1 Å². The van der Waals surface area contributed by atoms with E-state index in [2.05, 4.69) is 17.5 Å². The lowest BCUT2D eigenvalue weighted by atomic mass is 10.1. The van der Waals surface area contributed by atoms with Crippen molar-refractivity contribution in [1.29, 1.82) is 0 Å². The molecule has 1 aliphatic carbocycles. The molecule has 0 bridgehead atoms. The zero-order valence-corrected chi connectivity index (χ0v) is 15.6. The van der Waals surface area contributed by atoms with Gasteiger partial charge in [0.2, 0.25) is 5.78 Å². The second-order valence-corrected chi connectivity index (χ2v) is 9.07. The summed E-state index contributed by atoms with van der Waals surface area (Å²) in [5, 5.41) is 4.91. The highest BCUT2D eigenvalue weighted by Gasteiger charge is 2.28. The topological polar surface area (TPSA) is 56.0 Å². The van der Waals surface area contributed by atoms with E-state index in [0.29, 0.717) is 16.5 Å². The van der Waals surface area contributed by atoms with E-state index in [-0.39, 0.29) is 5.78 Å². The Bertz CT molecular complexity index is 1070. The average molecular weight is 383 g/mol. The number of carbonyl (C=O) groups is 1. The quantitative estimate of drug-likeness (QED) is 0.455. The molecule has 1 fully saturated rings. The summed E-state index contributed by atoms with van der Waals surface area (Å²) >= 11 is 4.57. The first-order valence-electron chi connectivity index (χ1n) is 8.07. The predicted octanol–water partition coefficient (Wildman–Crippen LogP) is 5.78. The molecule has 0 amide bonds. The number of fused-ring (bicyclic) bond motifs is 1. The van der Waals surface area contributed by atoms with Crippen LogP contribution in [0.5, 0.6) is 0 Å². The normalized spacial score (nSPS) is 14.2. The van der Waals surface area contributed by atoms with Crippen molar-refractivity contribution in [2.24, 2.45) is 0 Å². The lowest BCUT2D eigenvalue weighted by Crippen LogP contribution is -1.99. The summed E-state index contributed by atoms with van der Waals surface area (Å²) in [7, 11) is 0. The standard InChI is InChI=1S/C19H14N2OS3/c20-16-15-11(13-3-1-7-23-13)9-12(10-5-6-10)21-19(15)25-18(16)17(22)14-4-2-8-24-14/h1-4,7-10H,5-6,20H2. The molecule has 0 atom stereocenters. The molecule has 0 saturated heterocycles. The molecule has 6 heteroatoms. The number of anilines is 1. The second kappa shape index (κ2) is 5.76. The lowest BCUT2D eigenvalue weighted by Gasteiger charge is -2.06. The Balaban J connectivity index is 1.76. The first kappa shape index (κ1) is 15.3. The molecule has 5 rings (SSSR count). The Hall–Kier alpha value is -2.02. The monoisotopic (exact) mass is 382 g/mol. The number of hydrogen-bond donors (Lipinski definition) is 1. The molecule has 3 nitrogen and oxygen atoms in total. The van der Waals surface area contributed by atoms with Gasteiger partial charge in [-0.2, -0.15) is 0 Å². The number of hydrogen-bond acceptors (Lipinski definition) is 6. The van der Waals surface area contributed by atoms with E-state index in [9.17, 15) is 4.79 Å². The van der Waals surface area contributed by atoms with Gasteiger partial charge in [-0.05, 0) is 41.8 Å². The molecule has 0 unspecified atom stereocenters. The van der Waals surface area contributed by atoms with Gasteiger partial charge in [0.05, 0.1) is 10.6 Å². The first-order valence-corrected chi connectivity index (χ1v) is 10.6. The number of thiophene rings is 3. The molecule has 1 saturated carbocycles. The largest absolute Gasteiger partial charge is 0.397 e. The fourth-order valence-electron chi connectivity index (χ4n) is 3.04. The van der Waals surface area contributed by atoms with Gasteiger partial charge in [0, 0.05) is 27.4 Å². The van der Waals surface area contributed by atoms with Crippen LogP contribution in [-0.4, -0.2) is 10.8 Å². The van der Waals surface area contributed by atoms with E-state index in [1.807, 2.05) is 23.6 Å². The molecule has 2 N–H and O–H groups in total. The maximum absolute atomic E-state index is 12.8. The maximum Gasteiger partial charge on any atom is 0.215 e. The molecule has 4 aromatic heterocycles. The van der Waals surface area contributed by atoms with Crippen LogP contribution in [0.2, 0.25) is 0 Å². The SMILES string of the molecule is Nc1c(C(=O)c2cccs2)sc2nc(C3CC3)cc(-c3cccs3)c12. The van der Waals surface area contributed by atoms with Gasteiger partial charge in [-0.3, -0.25) is 4.79 Å². The summed E-state index contributed by atoms with van der Waals surface area (Å²) in [6.07, 6.45) is 2.40. The van der Waals surface area contributed by atoms with Crippen molar-refractivity contribution < 1.29 is 4.79 Å². The van der Waals surface area contributed by atoms with Crippen LogP contribution in [-0.2, 0) is 0 Å². The van der Waals surface area contributed by atoms with Gasteiger partial charge < -0.3 is 5.73 Å². The minimum absolute atomic E-state index is 0.000557. The van der Waals surface area contributed by atoms with Crippen LogP contribution in [0.4, 0.5) is 5.69 Å². The Morgan fingerprint density at radius 3 is 2.64 bits per heavy atom. The van der Waals surface area contributed by atoms with E-state index < -0.39 is 0 Å². The molecule has 1 aliphatic rings. The number of nitrogens with zero attached hydrogens (tertiary/aromatic N) is 1. The molecule has 124 valence electrons. The Morgan fingerprint density at radius 2 is 1.96 bits per heavy atom. The number of nitrogens with two attached hydrogens (primary N) is 1. The molecule has 4 heterocycles. The van der Waals surface area contributed by atoms with Crippen molar-refractivity contribution in [3.8, 4) is 10.4 Å². The fourth-order valence-corrected chi connectivity index (χ4v) is 5.61. The van der Waals surface area contributed by atoms with E-state index in [4.69, 9.17) is 10.7 Å². The molecule has 25 heavy (non-hydrogen) atoms. The van der Waals surface area contributed by atoms with Crippen LogP contribution in [0.25, 0.3) is 20.7 Å². The second-order valence-electron chi connectivity index (χ2n) is 6.18. The third-order valence-corrected chi connectivity index (χ3v) is 7.32. The van der Waals surface area contributed by atoms with E-state index in [1.165, 1.54) is 40.4 Å². The van der Waals surface area contributed by atoms with Gasteiger partial charge >= 0.3 is 0 Å². The molecule has 0 radical (unpaired) electrons. The number of carbonyl (C=O) groups excluding carboxylic acids is 1. The van der Waals surface area contributed by atoms with Gasteiger partial charge in [-0.15, -0.1) is 34.0 Å². The van der Waals surface area contributed by atoms with Gasteiger partial charge in [0.1, 0.15) is 9.71 Å². The Morgan fingerprint density at radius 1 is 1.16 bits per heavy atom. The molecule has 4 aromatic rings. The van der Waals surface area contributed by atoms with Gasteiger partial charge in [-0.25, -0.2) is 4.98 Å². The Labute approximate surface area is 156 Å². The highest BCUT2D eigenvalue weighted by atomic mass is 32.1. The number of aromatic nitrogens is 1. The lowest BCUT2D eigenvalue weighted by molar-refractivity contribution is 0.104. The van der Waals surface area contributed by atoms with Crippen LogP contribution in [0, 0.1) is 0 Å². The highest BCUT2D eigenvalue weighted by Crippen LogP contribution is 2.46. The van der Waals surface area contributed by atoms with E-state index in [0.717, 1.165) is 26.4 Å². The third-order valence-electron chi connectivity index (χ3n) is 4.45. The summed E-state index contributed by atoms with van der Waals surface area (Å²) in [5.41, 5.74) is 9.26. The Kier molecular flexibility index (Phi) is 3.51. The number of nitrogen functional groups attached to an aromatic ring is 1. The summed E-state index contributed by atoms with van der Waals surface area (Å²) < 4.78 is 0. The first-order chi connectivity index (χ1) is 12.2. The minimum Gasteiger partial charge on any atom is -0.397 e. The van der Waals surface area contributed by atoms with Gasteiger partial charge in [0.25, 0.3) is 0 Å². The summed E-state index contributed by atoms with van der Waals surface area (Å²) in [4.78, 5) is 21.1. The van der Waals surface area contributed by atoms with Crippen molar-refractivity contribution >= 4 is 55.7 Å². The third kappa shape index (κ3) is 2.52. The molecule has 0 spiro atoms. The number of pyridine rings is 1. The van der Waals surface area contributed by atoms with Crippen molar-refractivity contribution in [2.45, 2.75) is 18.8 Å². The van der Waals surface area contributed by atoms with Crippen molar-refractivity contribution in [3.63, 3.8) is 0 Å². The van der Waals surface area contributed by atoms with Crippen LogP contribution < -0.4 is 5.73 Å². The van der Waals surface area contributed by atoms with E-state index in [1.54, 1.807) is 11.3 Å². The minimum atomic E-state index is 0.000557. The van der Waals surface area contributed by atoms with Crippen molar-refractivity contribution in [1.82, 2.24) is 4.98 Å². The molecule has 0 aliphatic heterocycles. The molecular weight excluding hydrogens is 368 g/mol. The average Bonchev–Trinajstić information content (AvgIpc) is 3.06. The maximum atomic E-state index is 12.8. The van der Waals surface area contributed by atoms with Crippen molar-refractivity contribution in [3.05, 3.63) is 56.5 Å². The van der Waals surface area contributed by atoms with Crippen molar-refractivity contribution in [2.75, 3.05) is 5.73 Å². The van der Waals surface area contributed by atoms with Crippen LogP contribution in [0.15, 0.2) is 41.1 Å². The zero-order chi connectivity index (χ0) is 17.0. The van der Waals surface area contributed by atoms with Crippen LogP contribution >= 0.6 is 34.0 Å². The number of ketones is 1. The molecule has 0 aromatic carbocycles. The van der Waals surface area contributed by atoms with Gasteiger partial charge in [0.15, 0.2) is 0 Å². The molecular formula is C19H14N2OS3. The smallest absolute Gasteiger partial charge is 0.215 e. The summed E-state index contributed by atoms with van der Waals surface area (Å²) in [6, 6.07) is 10.1. The summed E-state index contributed by atoms with van der Waals surface area (Å²) in [6.45, 7) is 0. The number of rotatable bonds is 4. The van der Waals surface area contributed by atoms with Crippen LogP contribution in [0.1, 0.15) is 39.0 Å². The van der Waals surface area contributed by atoms with E-state index >= 15 is 0 Å². The zero-order valence-electron chi connectivity index (χ0n) is 13.2. The van der Waals surface area contributed by atoms with Crippen LogP contribution in [0.3, 0.4) is 0 Å².